The Labute approximate surface area is 88.1 Å². The second-order valence-electron chi connectivity index (χ2n) is 3.60. The number of carbonyl (C=O) groups excluding carboxylic acids is 2. The van der Waals surface area contributed by atoms with E-state index in [0.717, 1.165) is 5.57 Å². The molecule has 5 heteroatoms. The minimum Gasteiger partial charge on any atom is -0.466 e. The molecular weight excluding hydrogens is 198 g/mol. The normalized spacial score (nSPS) is 25.1. The predicted molar refractivity (Wildman–Crippen MR) is 51.9 cm³/mol. The largest absolute Gasteiger partial charge is 0.466 e. The lowest BCUT2D eigenvalue weighted by Gasteiger charge is -2.15. The van der Waals surface area contributed by atoms with Gasteiger partial charge < -0.3 is 4.74 Å². The summed E-state index contributed by atoms with van der Waals surface area (Å²) >= 11 is 0. The van der Waals surface area contributed by atoms with E-state index in [1.54, 1.807) is 12.4 Å². The van der Waals surface area contributed by atoms with Crippen molar-refractivity contribution in [2.45, 2.75) is 19.8 Å². The molecule has 0 heterocycles. The van der Waals surface area contributed by atoms with Gasteiger partial charge in [-0.05, 0) is 19.8 Å². The molecule has 2 N–H and O–H groups in total. The van der Waals surface area contributed by atoms with Crippen LogP contribution in [0.5, 0.6) is 0 Å². The van der Waals surface area contributed by atoms with Gasteiger partial charge in [-0.1, -0.05) is 12.2 Å². The molecule has 0 radical (unpaired) electrons. The van der Waals surface area contributed by atoms with Crippen molar-refractivity contribution in [3.63, 3.8) is 0 Å². The highest BCUT2D eigenvalue weighted by Gasteiger charge is 2.40. The van der Waals surface area contributed by atoms with Gasteiger partial charge in [0.15, 0.2) is 0 Å². The zero-order valence-corrected chi connectivity index (χ0v) is 8.66. The maximum atomic E-state index is 11.5. The number of ether oxygens (including phenoxy) is 1. The SMILES string of the molecule is C=C1C[C@H](C(=O)NO)[C@@H](C(=O)OCC)C1. The number of hydrogen-bond donors (Lipinski definition) is 2. The maximum Gasteiger partial charge on any atom is 0.310 e. The standard InChI is InChI=1S/C10H15NO4/c1-3-15-10(13)8-5-6(2)4-7(8)9(12)11-14/h7-8,14H,2-5H2,1H3,(H,11,12)/t7-,8-/m0/s1. The van der Waals surface area contributed by atoms with Crippen LogP contribution < -0.4 is 5.48 Å². The van der Waals surface area contributed by atoms with Crippen LogP contribution in [0.15, 0.2) is 12.2 Å². The van der Waals surface area contributed by atoms with Crippen LogP contribution in [-0.4, -0.2) is 23.7 Å². The van der Waals surface area contributed by atoms with Gasteiger partial charge in [-0.25, -0.2) is 5.48 Å². The molecule has 1 fully saturated rings. The number of esters is 1. The number of amides is 1. The van der Waals surface area contributed by atoms with Crippen molar-refractivity contribution in [2.24, 2.45) is 11.8 Å². The van der Waals surface area contributed by atoms with Gasteiger partial charge in [0, 0.05) is 0 Å². The summed E-state index contributed by atoms with van der Waals surface area (Å²) in [4.78, 5) is 22.8. The topological polar surface area (TPSA) is 75.6 Å². The van der Waals surface area contributed by atoms with E-state index in [1.807, 2.05) is 0 Å². The average Bonchev–Trinajstić information content (AvgIpc) is 2.59. The van der Waals surface area contributed by atoms with Crippen LogP contribution in [0, 0.1) is 11.8 Å². The average molecular weight is 213 g/mol. The summed E-state index contributed by atoms with van der Waals surface area (Å²) in [5.74, 6) is -2.01. The van der Waals surface area contributed by atoms with Gasteiger partial charge in [-0.15, -0.1) is 0 Å². The molecule has 0 aliphatic heterocycles. The first-order valence-corrected chi connectivity index (χ1v) is 4.87. The van der Waals surface area contributed by atoms with Gasteiger partial charge in [0.2, 0.25) is 5.91 Å². The number of rotatable bonds is 3. The maximum absolute atomic E-state index is 11.5. The molecule has 84 valence electrons. The van der Waals surface area contributed by atoms with Crippen LogP contribution in [0.25, 0.3) is 0 Å². The Morgan fingerprint density at radius 2 is 2.13 bits per heavy atom. The van der Waals surface area contributed by atoms with E-state index >= 15 is 0 Å². The van der Waals surface area contributed by atoms with Crippen LogP contribution in [0.2, 0.25) is 0 Å². The molecule has 0 bridgehead atoms. The molecule has 15 heavy (non-hydrogen) atoms. The van der Waals surface area contributed by atoms with E-state index in [9.17, 15) is 9.59 Å². The molecule has 1 aliphatic carbocycles. The van der Waals surface area contributed by atoms with Gasteiger partial charge in [0.05, 0.1) is 18.4 Å². The summed E-state index contributed by atoms with van der Waals surface area (Å²) in [7, 11) is 0. The van der Waals surface area contributed by atoms with Gasteiger partial charge in [-0.2, -0.15) is 0 Å². The molecule has 1 amide bonds. The number of hydroxylamine groups is 1. The third kappa shape index (κ3) is 2.56. The summed E-state index contributed by atoms with van der Waals surface area (Å²) < 4.78 is 4.86. The number of carbonyl (C=O) groups is 2. The van der Waals surface area contributed by atoms with Crippen molar-refractivity contribution in [3.05, 3.63) is 12.2 Å². The quantitative estimate of drug-likeness (QED) is 0.312. The molecule has 0 unspecified atom stereocenters. The molecule has 1 rings (SSSR count). The fourth-order valence-electron chi connectivity index (χ4n) is 1.85. The number of allylic oxidation sites excluding steroid dienone is 1. The Kier molecular flexibility index (Phi) is 3.85. The third-order valence-corrected chi connectivity index (χ3v) is 2.54. The summed E-state index contributed by atoms with van der Waals surface area (Å²) in [5, 5.41) is 8.53. The minimum absolute atomic E-state index is 0.287. The second kappa shape index (κ2) is 4.93. The fraction of sp³-hybridized carbons (Fsp3) is 0.600. The first-order valence-electron chi connectivity index (χ1n) is 4.87. The molecule has 1 aliphatic rings. The number of nitrogens with one attached hydrogen (secondary N) is 1. The monoisotopic (exact) mass is 213 g/mol. The first-order chi connectivity index (χ1) is 7.10. The lowest BCUT2D eigenvalue weighted by atomic mass is 9.96. The Morgan fingerprint density at radius 1 is 1.53 bits per heavy atom. The molecular formula is C10H15NO4. The molecule has 0 spiro atoms. The summed E-state index contributed by atoms with van der Waals surface area (Å²) in [6.07, 6.45) is 0.882. The lowest BCUT2D eigenvalue weighted by molar-refractivity contribution is -0.153. The highest BCUT2D eigenvalue weighted by molar-refractivity contribution is 5.86. The van der Waals surface area contributed by atoms with E-state index in [4.69, 9.17) is 9.94 Å². The summed E-state index contributed by atoms with van der Waals surface area (Å²) in [5.41, 5.74) is 2.40. The van der Waals surface area contributed by atoms with Crippen LogP contribution in [0.1, 0.15) is 19.8 Å². The fourth-order valence-corrected chi connectivity index (χ4v) is 1.85. The summed E-state index contributed by atoms with van der Waals surface area (Å²) in [6, 6.07) is 0. The lowest BCUT2D eigenvalue weighted by Crippen LogP contribution is -2.34. The Hall–Kier alpha value is -1.36. The summed E-state index contributed by atoms with van der Waals surface area (Å²) in [6.45, 7) is 5.74. The van der Waals surface area contributed by atoms with Crippen molar-refractivity contribution in [3.8, 4) is 0 Å². The van der Waals surface area contributed by atoms with Crippen molar-refractivity contribution in [1.29, 1.82) is 0 Å². The second-order valence-corrected chi connectivity index (χ2v) is 3.60. The van der Waals surface area contributed by atoms with E-state index in [1.165, 1.54) is 0 Å². The Balaban J connectivity index is 2.72. The highest BCUT2D eigenvalue weighted by Crippen LogP contribution is 2.35. The van der Waals surface area contributed by atoms with E-state index in [-0.39, 0.29) is 6.61 Å². The van der Waals surface area contributed by atoms with Crippen LogP contribution in [0.3, 0.4) is 0 Å². The van der Waals surface area contributed by atoms with Gasteiger partial charge in [0.25, 0.3) is 0 Å². The predicted octanol–water partition coefficient (Wildman–Crippen LogP) is 0.637. The van der Waals surface area contributed by atoms with Crippen molar-refractivity contribution in [1.82, 2.24) is 5.48 Å². The van der Waals surface area contributed by atoms with Crippen molar-refractivity contribution >= 4 is 11.9 Å². The van der Waals surface area contributed by atoms with E-state index in [0.29, 0.717) is 12.8 Å². The molecule has 5 nitrogen and oxygen atoms in total. The molecule has 0 saturated heterocycles. The highest BCUT2D eigenvalue weighted by atomic mass is 16.5. The van der Waals surface area contributed by atoms with Gasteiger partial charge >= 0.3 is 5.97 Å². The zero-order chi connectivity index (χ0) is 11.4. The minimum atomic E-state index is -0.554. The smallest absolute Gasteiger partial charge is 0.310 e. The van der Waals surface area contributed by atoms with Crippen LogP contribution in [-0.2, 0) is 14.3 Å². The van der Waals surface area contributed by atoms with E-state index in [2.05, 4.69) is 6.58 Å². The van der Waals surface area contributed by atoms with E-state index < -0.39 is 23.7 Å². The Bertz CT molecular complexity index is 287. The molecule has 0 aromatic rings. The molecule has 2 atom stereocenters. The van der Waals surface area contributed by atoms with Crippen LogP contribution >= 0.6 is 0 Å². The van der Waals surface area contributed by atoms with Crippen molar-refractivity contribution in [2.75, 3.05) is 6.61 Å². The Morgan fingerprint density at radius 3 is 2.67 bits per heavy atom. The molecule has 0 aromatic carbocycles. The molecule has 1 saturated carbocycles. The number of hydrogen-bond acceptors (Lipinski definition) is 4. The first kappa shape index (κ1) is 11.7. The third-order valence-electron chi connectivity index (χ3n) is 2.54. The zero-order valence-electron chi connectivity index (χ0n) is 8.66. The van der Waals surface area contributed by atoms with Gasteiger partial charge in [-0.3, -0.25) is 14.8 Å². The molecule has 0 aromatic heterocycles. The van der Waals surface area contributed by atoms with Gasteiger partial charge in [0.1, 0.15) is 0 Å². The van der Waals surface area contributed by atoms with Crippen LogP contribution in [0.4, 0.5) is 0 Å². The van der Waals surface area contributed by atoms with Crippen molar-refractivity contribution < 1.29 is 19.5 Å².